The van der Waals surface area contributed by atoms with E-state index in [1.165, 1.54) is 18.4 Å². The van der Waals surface area contributed by atoms with Crippen molar-refractivity contribution in [1.82, 2.24) is 4.90 Å². The SMILES string of the molecule is CC(=O)N1C[C@H](C)CC[C@]12O[C@@H]1C[C@@H]3[C@@H]4CC=C5C[C@H](OC(=O)c6ccccc6)CC[C@]5(C)[C@@H]4CC[C@]3(C)[C@@H]1[C@H]2C. The first kappa shape index (κ1) is 27.7. The zero-order valence-corrected chi connectivity index (χ0v) is 25.7. The lowest BCUT2D eigenvalue weighted by molar-refractivity contribution is -0.200. The Bertz CT molecular complexity index is 1240. The Hall–Kier alpha value is -2.14. The summed E-state index contributed by atoms with van der Waals surface area (Å²) in [6, 6.07) is 9.41. The Balaban J connectivity index is 1.09. The summed E-state index contributed by atoms with van der Waals surface area (Å²) < 4.78 is 13.2. The summed E-state index contributed by atoms with van der Waals surface area (Å²) in [7, 11) is 0. The van der Waals surface area contributed by atoms with Gasteiger partial charge < -0.3 is 14.4 Å². The Labute approximate surface area is 246 Å². The molecule has 1 amide bonds. The van der Waals surface area contributed by atoms with E-state index in [4.69, 9.17) is 9.47 Å². The van der Waals surface area contributed by atoms with E-state index in [0.717, 1.165) is 51.5 Å². The maximum Gasteiger partial charge on any atom is 0.338 e. The van der Waals surface area contributed by atoms with Crippen LogP contribution in [0.25, 0.3) is 0 Å². The molecule has 5 fully saturated rings. The average molecular weight is 560 g/mol. The van der Waals surface area contributed by atoms with E-state index in [1.807, 2.05) is 30.3 Å². The molecule has 0 bridgehead atoms. The van der Waals surface area contributed by atoms with Gasteiger partial charge in [0, 0.05) is 25.8 Å². The molecule has 1 spiro atoms. The zero-order chi connectivity index (χ0) is 28.7. The number of piperidine rings is 1. The van der Waals surface area contributed by atoms with Crippen LogP contribution in [0, 0.1) is 46.3 Å². The first-order valence-corrected chi connectivity index (χ1v) is 16.5. The maximum absolute atomic E-state index is 12.9. The van der Waals surface area contributed by atoms with Gasteiger partial charge in [-0.15, -0.1) is 0 Å². The van der Waals surface area contributed by atoms with Crippen molar-refractivity contribution < 1.29 is 19.1 Å². The number of benzene rings is 1. The van der Waals surface area contributed by atoms with Crippen molar-refractivity contribution in [2.75, 3.05) is 6.54 Å². The fraction of sp³-hybridized carbons (Fsp3) is 0.722. The molecular formula is C36H49NO4. The third-order valence-electron chi connectivity index (χ3n) is 13.4. The number of carbonyl (C=O) groups excluding carboxylic acids is 2. The molecule has 0 radical (unpaired) electrons. The number of allylic oxidation sites excluding steroid dienone is 1. The van der Waals surface area contributed by atoms with Crippen LogP contribution in [0.5, 0.6) is 0 Å². The lowest BCUT2D eigenvalue weighted by Crippen LogP contribution is -2.60. The largest absolute Gasteiger partial charge is 0.458 e. The van der Waals surface area contributed by atoms with Crippen molar-refractivity contribution in [1.29, 1.82) is 0 Å². The minimum Gasteiger partial charge on any atom is -0.458 e. The number of rotatable bonds is 2. The molecule has 2 saturated heterocycles. The van der Waals surface area contributed by atoms with Crippen molar-refractivity contribution in [2.24, 2.45) is 46.3 Å². The first-order chi connectivity index (χ1) is 19.6. The van der Waals surface area contributed by atoms with Crippen molar-refractivity contribution >= 4 is 11.9 Å². The molecule has 4 aliphatic carbocycles. The van der Waals surface area contributed by atoms with E-state index in [2.05, 4.69) is 38.7 Å². The van der Waals surface area contributed by atoms with E-state index in [-0.39, 0.29) is 34.9 Å². The molecule has 41 heavy (non-hydrogen) atoms. The molecule has 3 saturated carbocycles. The summed E-state index contributed by atoms with van der Waals surface area (Å²) in [5.41, 5.74) is 2.25. The maximum atomic E-state index is 12.9. The van der Waals surface area contributed by atoms with Gasteiger partial charge >= 0.3 is 5.97 Å². The summed E-state index contributed by atoms with van der Waals surface area (Å²) >= 11 is 0. The smallest absolute Gasteiger partial charge is 0.338 e. The van der Waals surface area contributed by atoms with Crippen LogP contribution in [0.2, 0.25) is 0 Å². The summed E-state index contributed by atoms with van der Waals surface area (Å²) in [6.07, 6.45) is 12.7. The molecule has 7 rings (SSSR count). The Kier molecular flexibility index (Phi) is 6.54. The van der Waals surface area contributed by atoms with Gasteiger partial charge in [0.1, 0.15) is 11.8 Å². The minimum atomic E-state index is -0.403. The van der Waals surface area contributed by atoms with Crippen molar-refractivity contribution in [3.05, 3.63) is 47.5 Å². The van der Waals surface area contributed by atoms with Gasteiger partial charge in [0.15, 0.2) is 0 Å². The topological polar surface area (TPSA) is 55.8 Å². The van der Waals surface area contributed by atoms with Gasteiger partial charge in [0.05, 0.1) is 11.7 Å². The second-order valence-corrected chi connectivity index (χ2v) is 15.3. The second kappa shape index (κ2) is 9.69. The average Bonchev–Trinajstić information content (AvgIpc) is 3.40. The lowest BCUT2D eigenvalue weighted by Gasteiger charge is -2.59. The van der Waals surface area contributed by atoms with Gasteiger partial charge in [-0.3, -0.25) is 4.79 Å². The van der Waals surface area contributed by atoms with Crippen LogP contribution in [0.4, 0.5) is 0 Å². The third kappa shape index (κ3) is 4.03. The van der Waals surface area contributed by atoms with Gasteiger partial charge in [-0.2, -0.15) is 0 Å². The van der Waals surface area contributed by atoms with Crippen LogP contribution in [-0.2, 0) is 14.3 Å². The highest BCUT2D eigenvalue weighted by Crippen LogP contribution is 2.70. The van der Waals surface area contributed by atoms with Crippen LogP contribution in [0.15, 0.2) is 42.0 Å². The van der Waals surface area contributed by atoms with Gasteiger partial charge in [-0.25, -0.2) is 4.79 Å². The van der Waals surface area contributed by atoms with Gasteiger partial charge in [-0.05, 0) is 104 Å². The lowest BCUT2D eigenvalue weighted by atomic mass is 9.46. The highest BCUT2D eigenvalue weighted by Gasteiger charge is 2.69. The normalized spacial score (nSPS) is 46.7. The van der Waals surface area contributed by atoms with E-state index < -0.39 is 5.72 Å². The van der Waals surface area contributed by atoms with Crippen LogP contribution >= 0.6 is 0 Å². The molecule has 222 valence electrons. The van der Waals surface area contributed by atoms with Gasteiger partial charge in [0.2, 0.25) is 5.91 Å². The van der Waals surface area contributed by atoms with Crippen molar-refractivity contribution in [3.63, 3.8) is 0 Å². The number of amides is 1. The standard InChI is InChI=1S/C36H49NO4/c1-22-13-18-36(37(21-22)24(3)38)23(2)32-31(41-36)20-30-28-12-11-26-19-27(40-33(39)25-9-7-6-8-10-25)14-16-34(26,4)29(28)15-17-35(30,32)5/h6-11,22-23,27-32H,12-21H2,1-5H3/t22-,23-,27-,28-,29-,30-,31-,32-,34+,35+,36-/m1/s1. The quantitative estimate of drug-likeness (QED) is 0.280. The molecule has 11 atom stereocenters. The number of hydrogen-bond donors (Lipinski definition) is 0. The molecule has 5 nitrogen and oxygen atoms in total. The molecule has 0 aromatic heterocycles. The Morgan fingerprint density at radius 2 is 1.78 bits per heavy atom. The molecule has 0 unspecified atom stereocenters. The molecule has 1 aromatic rings. The number of likely N-dealkylation sites (tertiary alicyclic amines) is 1. The summed E-state index contributed by atoms with van der Waals surface area (Å²) in [4.78, 5) is 27.7. The predicted octanol–water partition coefficient (Wildman–Crippen LogP) is 7.41. The van der Waals surface area contributed by atoms with Gasteiger partial charge in [0.25, 0.3) is 0 Å². The molecule has 2 heterocycles. The van der Waals surface area contributed by atoms with Crippen LogP contribution in [0.3, 0.4) is 0 Å². The van der Waals surface area contributed by atoms with E-state index in [0.29, 0.717) is 41.1 Å². The first-order valence-electron chi connectivity index (χ1n) is 16.5. The van der Waals surface area contributed by atoms with E-state index in [9.17, 15) is 9.59 Å². The fourth-order valence-corrected chi connectivity index (χ4v) is 11.4. The summed E-state index contributed by atoms with van der Waals surface area (Å²) in [5, 5.41) is 0. The molecule has 5 heteroatoms. The molecule has 0 N–H and O–H groups in total. The Morgan fingerprint density at radius 1 is 1.00 bits per heavy atom. The predicted molar refractivity (Wildman–Crippen MR) is 159 cm³/mol. The van der Waals surface area contributed by atoms with E-state index in [1.54, 1.807) is 6.92 Å². The van der Waals surface area contributed by atoms with Crippen molar-refractivity contribution in [2.45, 2.75) is 110 Å². The highest BCUT2D eigenvalue weighted by molar-refractivity contribution is 5.89. The fourth-order valence-electron chi connectivity index (χ4n) is 11.4. The van der Waals surface area contributed by atoms with Crippen LogP contribution < -0.4 is 0 Å². The number of hydrogen-bond acceptors (Lipinski definition) is 4. The minimum absolute atomic E-state index is 0.0221. The van der Waals surface area contributed by atoms with Crippen LogP contribution in [0.1, 0.15) is 103 Å². The highest BCUT2D eigenvalue weighted by atomic mass is 16.5. The number of fused-ring (bicyclic) bond motifs is 7. The van der Waals surface area contributed by atoms with Gasteiger partial charge in [-0.1, -0.05) is 57.5 Å². The number of esters is 1. The molecular weight excluding hydrogens is 510 g/mol. The van der Waals surface area contributed by atoms with Crippen molar-refractivity contribution in [3.8, 4) is 0 Å². The summed E-state index contributed by atoms with van der Waals surface area (Å²) in [5.74, 6) is 3.48. The Morgan fingerprint density at radius 3 is 2.54 bits per heavy atom. The number of ether oxygens (including phenoxy) is 2. The zero-order valence-electron chi connectivity index (χ0n) is 25.7. The third-order valence-corrected chi connectivity index (χ3v) is 13.4. The second-order valence-electron chi connectivity index (χ2n) is 15.3. The summed E-state index contributed by atoms with van der Waals surface area (Å²) in [6.45, 7) is 12.4. The number of nitrogens with zero attached hydrogens (tertiary/aromatic N) is 1. The van der Waals surface area contributed by atoms with E-state index >= 15 is 0 Å². The molecule has 2 aliphatic heterocycles. The molecule has 6 aliphatic rings. The monoisotopic (exact) mass is 559 g/mol. The van der Waals surface area contributed by atoms with Crippen LogP contribution in [-0.4, -0.2) is 41.3 Å². The number of carbonyl (C=O) groups is 2. The molecule has 1 aromatic carbocycles.